The van der Waals surface area contributed by atoms with E-state index in [1.54, 1.807) is 20.3 Å². The van der Waals surface area contributed by atoms with Crippen molar-refractivity contribution in [3.63, 3.8) is 0 Å². The van der Waals surface area contributed by atoms with E-state index in [1.165, 1.54) is 0 Å². The van der Waals surface area contributed by atoms with E-state index < -0.39 is 0 Å². The zero-order chi connectivity index (χ0) is 23.2. The Kier molecular flexibility index (Phi) is 7.15. The van der Waals surface area contributed by atoms with Gasteiger partial charge in [-0.25, -0.2) is 0 Å². The first-order valence-electron chi connectivity index (χ1n) is 11.2. The molecule has 1 heterocycles. The van der Waals surface area contributed by atoms with E-state index in [-0.39, 0.29) is 17.7 Å². The Labute approximate surface area is 195 Å². The number of benzene rings is 3. The number of carbonyl (C=O) groups is 1. The van der Waals surface area contributed by atoms with Crippen molar-refractivity contribution >= 4 is 11.6 Å². The third kappa shape index (κ3) is 5.29. The SMILES string of the molecule is COc1cccc(N(C(=O)c2ccccc2)C2CCN(Cc3ccc(O)c(OC)c3)CC2)c1. The summed E-state index contributed by atoms with van der Waals surface area (Å²) in [5, 5.41) is 9.84. The van der Waals surface area contributed by atoms with E-state index in [2.05, 4.69) is 4.90 Å². The lowest BCUT2D eigenvalue weighted by atomic mass is 10.00. The summed E-state index contributed by atoms with van der Waals surface area (Å²) in [4.78, 5) is 17.9. The Morgan fingerprint density at radius 2 is 1.73 bits per heavy atom. The number of rotatable bonds is 7. The van der Waals surface area contributed by atoms with Gasteiger partial charge in [-0.05, 0) is 54.8 Å². The van der Waals surface area contributed by atoms with Gasteiger partial charge in [-0.15, -0.1) is 0 Å². The van der Waals surface area contributed by atoms with Crippen molar-refractivity contribution in [1.29, 1.82) is 0 Å². The van der Waals surface area contributed by atoms with Gasteiger partial charge >= 0.3 is 0 Å². The van der Waals surface area contributed by atoms with Crippen molar-refractivity contribution in [3.05, 3.63) is 83.9 Å². The van der Waals surface area contributed by atoms with Crippen molar-refractivity contribution in [2.24, 2.45) is 0 Å². The molecule has 0 bridgehead atoms. The van der Waals surface area contributed by atoms with Crippen LogP contribution in [0.15, 0.2) is 72.8 Å². The summed E-state index contributed by atoms with van der Waals surface area (Å²) in [6, 6.07) is 22.7. The number of amides is 1. The lowest BCUT2D eigenvalue weighted by Crippen LogP contribution is -2.47. The summed E-state index contributed by atoms with van der Waals surface area (Å²) in [6.07, 6.45) is 1.73. The highest BCUT2D eigenvalue weighted by atomic mass is 16.5. The number of likely N-dealkylation sites (tertiary alicyclic amines) is 1. The van der Waals surface area contributed by atoms with Gasteiger partial charge in [0.15, 0.2) is 11.5 Å². The molecule has 0 aromatic heterocycles. The molecule has 4 rings (SSSR count). The molecule has 3 aromatic rings. The average Bonchev–Trinajstić information content (AvgIpc) is 2.87. The maximum absolute atomic E-state index is 13.6. The maximum Gasteiger partial charge on any atom is 0.258 e. The molecule has 6 nitrogen and oxygen atoms in total. The van der Waals surface area contributed by atoms with Gasteiger partial charge in [0, 0.05) is 43.0 Å². The fourth-order valence-electron chi connectivity index (χ4n) is 4.39. The Morgan fingerprint density at radius 3 is 2.42 bits per heavy atom. The molecule has 0 atom stereocenters. The molecular formula is C27H30N2O4. The van der Waals surface area contributed by atoms with Crippen LogP contribution in [0.2, 0.25) is 0 Å². The predicted molar refractivity (Wildman–Crippen MR) is 129 cm³/mol. The molecule has 172 valence electrons. The lowest BCUT2D eigenvalue weighted by molar-refractivity contribution is 0.0958. The molecule has 1 aliphatic rings. The molecule has 0 spiro atoms. The number of nitrogens with zero attached hydrogens (tertiary/aromatic N) is 2. The topological polar surface area (TPSA) is 62.2 Å². The largest absolute Gasteiger partial charge is 0.504 e. The molecular weight excluding hydrogens is 416 g/mol. The quantitative estimate of drug-likeness (QED) is 0.569. The smallest absolute Gasteiger partial charge is 0.258 e. The number of piperidine rings is 1. The first-order chi connectivity index (χ1) is 16.1. The second-order valence-corrected chi connectivity index (χ2v) is 8.26. The fourth-order valence-corrected chi connectivity index (χ4v) is 4.39. The van der Waals surface area contributed by atoms with Gasteiger partial charge in [0.05, 0.1) is 14.2 Å². The minimum Gasteiger partial charge on any atom is -0.504 e. The molecule has 0 saturated carbocycles. The predicted octanol–water partition coefficient (Wildman–Crippen LogP) is 4.72. The normalized spacial score (nSPS) is 14.6. The zero-order valence-corrected chi connectivity index (χ0v) is 19.1. The summed E-state index contributed by atoms with van der Waals surface area (Å²) < 4.78 is 10.7. The number of aromatic hydroxyl groups is 1. The number of hydrogen-bond donors (Lipinski definition) is 1. The number of hydrogen-bond acceptors (Lipinski definition) is 5. The van der Waals surface area contributed by atoms with Crippen molar-refractivity contribution in [2.45, 2.75) is 25.4 Å². The third-order valence-electron chi connectivity index (χ3n) is 6.14. The Morgan fingerprint density at radius 1 is 0.970 bits per heavy atom. The van der Waals surface area contributed by atoms with Crippen LogP contribution in [-0.2, 0) is 6.54 Å². The molecule has 1 fully saturated rings. The van der Waals surface area contributed by atoms with Gasteiger partial charge in [-0.2, -0.15) is 0 Å². The molecule has 0 unspecified atom stereocenters. The number of anilines is 1. The van der Waals surface area contributed by atoms with Crippen LogP contribution in [0.25, 0.3) is 0 Å². The van der Waals surface area contributed by atoms with Crippen LogP contribution >= 0.6 is 0 Å². The standard InChI is InChI=1S/C27H30N2O4/c1-32-24-10-6-9-23(18-24)29(27(31)21-7-4-3-5-8-21)22-13-15-28(16-14-22)19-20-11-12-25(30)26(17-20)33-2/h3-12,17-18,22,30H,13-16,19H2,1-2H3. The monoisotopic (exact) mass is 446 g/mol. The fraction of sp³-hybridized carbons (Fsp3) is 0.296. The lowest BCUT2D eigenvalue weighted by Gasteiger charge is -2.38. The van der Waals surface area contributed by atoms with E-state index in [1.807, 2.05) is 71.6 Å². The highest BCUT2D eigenvalue weighted by molar-refractivity contribution is 6.06. The van der Waals surface area contributed by atoms with E-state index in [0.29, 0.717) is 11.3 Å². The Hall–Kier alpha value is -3.51. The Balaban J connectivity index is 1.51. The van der Waals surface area contributed by atoms with E-state index >= 15 is 0 Å². The van der Waals surface area contributed by atoms with Crippen molar-refractivity contribution in [3.8, 4) is 17.2 Å². The summed E-state index contributed by atoms with van der Waals surface area (Å²) in [7, 11) is 3.19. The Bertz CT molecular complexity index is 1080. The third-order valence-corrected chi connectivity index (χ3v) is 6.14. The van der Waals surface area contributed by atoms with Gasteiger partial charge in [-0.3, -0.25) is 9.69 Å². The van der Waals surface area contributed by atoms with Crippen LogP contribution in [0, 0.1) is 0 Å². The molecule has 1 amide bonds. The van der Waals surface area contributed by atoms with Gasteiger partial charge in [-0.1, -0.05) is 30.3 Å². The highest BCUT2D eigenvalue weighted by Gasteiger charge is 2.30. The number of methoxy groups -OCH3 is 2. The van der Waals surface area contributed by atoms with E-state index in [0.717, 1.165) is 49.5 Å². The molecule has 1 saturated heterocycles. The first-order valence-corrected chi connectivity index (χ1v) is 11.2. The number of phenolic OH excluding ortho intramolecular Hbond substituents is 1. The molecule has 3 aromatic carbocycles. The molecule has 0 aliphatic carbocycles. The minimum atomic E-state index is 0.00516. The maximum atomic E-state index is 13.6. The second kappa shape index (κ2) is 10.4. The van der Waals surface area contributed by atoms with Gasteiger partial charge in [0.2, 0.25) is 0 Å². The summed E-state index contributed by atoms with van der Waals surface area (Å²) in [5.74, 6) is 1.37. The van der Waals surface area contributed by atoms with E-state index in [4.69, 9.17) is 9.47 Å². The van der Waals surface area contributed by atoms with E-state index in [9.17, 15) is 9.90 Å². The van der Waals surface area contributed by atoms with Crippen molar-refractivity contribution < 1.29 is 19.4 Å². The van der Waals surface area contributed by atoms with Gasteiger partial charge in [0.1, 0.15) is 5.75 Å². The van der Waals surface area contributed by atoms with Crippen molar-refractivity contribution in [2.75, 3.05) is 32.2 Å². The molecule has 33 heavy (non-hydrogen) atoms. The molecule has 1 N–H and O–H groups in total. The second-order valence-electron chi connectivity index (χ2n) is 8.26. The van der Waals surface area contributed by atoms with Crippen LogP contribution in [0.5, 0.6) is 17.2 Å². The van der Waals surface area contributed by atoms with Crippen LogP contribution in [-0.4, -0.2) is 49.3 Å². The van der Waals surface area contributed by atoms with Crippen LogP contribution in [0.3, 0.4) is 0 Å². The first kappa shape index (κ1) is 22.7. The highest BCUT2D eigenvalue weighted by Crippen LogP contribution is 2.30. The molecule has 6 heteroatoms. The van der Waals surface area contributed by atoms with Crippen LogP contribution in [0.1, 0.15) is 28.8 Å². The summed E-state index contributed by atoms with van der Waals surface area (Å²) in [5.41, 5.74) is 2.62. The average molecular weight is 447 g/mol. The molecule has 0 radical (unpaired) electrons. The minimum absolute atomic E-state index is 0.00516. The number of ether oxygens (including phenoxy) is 2. The summed E-state index contributed by atoms with van der Waals surface area (Å²) in [6.45, 7) is 2.52. The van der Waals surface area contributed by atoms with Gasteiger partial charge < -0.3 is 19.5 Å². The zero-order valence-electron chi connectivity index (χ0n) is 19.1. The van der Waals surface area contributed by atoms with Gasteiger partial charge in [0.25, 0.3) is 5.91 Å². The summed E-state index contributed by atoms with van der Waals surface area (Å²) >= 11 is 0. The van der Waals surface area contributed by atoms with Crippen LogP contribution in [0.4, 0.5) is 5.69 Å². The van der Waals surface area contributed by atoms with Crippen LogP contribution < -0.4 is 14.4 Å². The molecule has 1 aliphatic heterocycles. The number of carbonyl (C=O) groups excluding carboxylic acids is 1. The van der Waals surface area contributed by atoms with Crippen molar-refractivity contribution in [1.82, 2.24) is 4.90 Å². The number of phenols is 1.